The number of hydrogen-bond donors (Lipinski definition) is 0. The van der Waals surface area contributed by atoms with E-state index in [0.717, 1.165) is 11.1 Å². The Kier molecular flexibility index (Phi) is 6.39. The van der Waals surface area contributed by atoms with Crippen molar-refractivity contribution in [2.24, 2.45) is 0 Å². The summed E-state index contributed by atoms with van der Waals surface area (Å²) in [6, 6.07) is 22.9. The Morgan fingerprint density at radius 2 is 1.69 bits per heavy atom. The minimum Gasteiger partial charge on any atom is -0.444 e. The summed E-state index contributed by atoms with van der Waals surface area (Å²) in [7, 11) is -2.20. The van der Waals surface area contributed by atoms with E-state index in [9.17, 15) is 13.2 Å². The van der Waals surface area contributed by atoms with Gasteiger partial charge in [-0.1, -0.05) is 60.1 Å². The maximum atomic E-state index is 13.4. The molecule has 0 N–H and O–H groups in total. The number of carbonyl (C=O) groups is 1. The number of ether oxygens (including phenoxy) is 1. The third kappa shape index (κ3) is 4.74. The second kappa shape index (κ2) is 9.22. The first-order chi connectivity index (χ1) is 15.3. The molecule has 1 aliphatic heterocycles. The van der Waals surface area contributed by atoms with E-state index in [4.69, 9.17) is 16.3 Å². The number of rotatable bonds is 5. The Bertz CT molecular complexity index is 1200. The van der Waals surface area contributed by atoms with Gasteiger partial charge in [-0.25, -0.2) is 13.2 Å². The molecule has 1 aliphatic rings. The van der Waals surface area contributed by atoms with Gasteiger partial charge in [0.1, 0.15) is 6.10 Å². The van der Waals surface area contributed by atoms with Crippen molar-refractivity contribution in [3.05, 3.63) is 95.0 Å². The van der Waals surface area contributed by atoms with Crippen LogP contribution >= 0.6 is 11.6 Å². The SMILES string of the molecule is CN(Cc1ccccc1)C(=O)OC1Cc2ccccc2N(S(=O)(=O)c2ccc(Cl)cc2)C1. The van der Waals surface area contributed by atoms with Gasteiger partial charge in [0.05, 0.1) is 17.1 Å². The van der Waals surface area contributed by atoms with Crippen LogP contribution in [0.1, 0.15) is 11.1 Å². The van der Waals surface area contributed by atoms with Crippen LogP contribution in [-0.2, 0) is 27.7 Å². The predicted octanol–water partition coefficient (Wildman–Crippen LogP) is 4.73. The molecule has 6 nitrogen and oxygen atoms in total. The third-order valence-electron chi connectivity index (χ3n) is 5.32. The van der Waals surface area contributed by atoms with Gasteiger partial charge >= 0.3 is 6.09 Å². The number of carbonyl (C=O) groups excluding carboxylic acids is 1. The van der Waals surface area contributed by atoms with Gasteiger partial charge in [0.15, 0.2) is 0 Å². The maximum absolute atomic E-state index is 13.4. The number of para-hydroxylation sites is 1. The highest BCUT2D eigenvalue weighted by atomic mass is 35.5. The molecule has 0 aliphatic carbocycles. The summed E-state index contributed by atoms with van der Waals surface area (Å²) in [5.74, 6) is 0. The first-order valence-corrected chi connectivity index (χ1v) is 12.0. The Morgan fingerprint density at radius 3 is 2.41 bits per heavy atom. The zero-order valence-corrected chi connectivity index (χ0v) is 19.1. The van der Waals surface area contributed by atoms with Gasteiger partial charge in [0.2, 0.25) is 0 Å². The lowest BCUT2D eigenvalue weighted by atomic mass is 10.0. The first-order valence-electron chi connectivity index (χ1n) is 10.2. The van der Waals surface area contributed by atoms with Crippen LogP contribution in [0.25, 0.3) is 0 Å². The van der Waals surface area contributed by atoms with Gasteiger partial charge in [0.25, 0.3) is 10.0 Å². The van der Waals surface area contributed by atoms with E-state index in [0.29, 0.717) is 23.7 Å². The fourth-order valence-electron chi connectivity index (χ4n) is 3.71. The molecule has 1 unspecified atom stereocenters. The molecule has 32 heavy (non-hydrogen) atoms. The standard InChI is InChI=1S/C24H23ClN2O4S/c1-26(16-18-7-3-2-4-8-18)24(28)31-21-15-19-9-5-6-10-23(19)27(17-21)32(29,30)22-13-11-20(25)12-14-22/h2-14,21H,15-17H2,1H3. The second-order valence-corrected chi connectivity index (χ2v) is 9.97. The molecule has 0 bridgehead atoms. The van der Waals surface area contributed by atoms with Gasteiger partial charge < -0.3 is 9.64 Å². The van der Waals surface area contributed by atoms with E-state index in [2.05, 4.69) is 0 Å². The molecule has 0 fully saturated rings. The number of benzene rings is 3. The van der Waals surface area contributed by atoms with Crippen LogP contribution in [0.2, 0.25) is 5.02 Å². The highest BCUT2D eigenvalue weighted by molar-refractivity contribution is 7.92. The van der Waals surface area contributed by atoms with Crippen molar-refractivity contribution in [1.82, 2.24) is 4.90 Å². The minimum absolute atomic E-state index is 0.0346. The number of sulfonamides is 1. The van der Waals surface area contributed by atoms with Crippen molar-refractivity contribution in [2.45, 2.75) is 24.0 Å². The van der Waals surface area contributed by atoms with Crippen molar-refractivity contribution in [3.8, 4) is 0 Å². The fourth-order valence-corrected chi connectivity index (χ4v) is 5.37. The molecular weight excluding hydrogens is 448 g/mol. The highest BCUT2D eigenvalue weighted by Gasteiger charge is 2.35. The monoisotopic (exact) mass is 470 g/mol. The summed E-state index contributed by atoms with van der Waals surface area (Å²) in [5, 5.41) is 0.455. The van der Waals surface area contributed by atoms with E-state index in [1.54, 1.807) is 31.3 Å². The molecule has 1 amide bonds. The lowest BCUT2D eigenvalue weighted by Gasteiger charge is -2.35. The molecule has 3 aromatic rings. The van der Waals surface area contributed by atoms with Crippen molar-refractivity contribution < 1.29 is 17.9 Å². The van der Waals surface area contributed by atoms with E-state index in [-0.39, 0.29) is 11.4 Å². The van der Waals surface area contributed by atoms with Crippen LogP contribution in [0.15, 0.2) is 83.8 Å². The van der Waals surface area contributed by atoms with Gasteiger partial charge in [-0.05, 0) is 41.5 Å². The lowest BCUT2D eigenvalue weighted by molar-refractivity contribution is 0.0698. The first kappa shape index (κ1) is 22.2. The van der Waals surface area contributed by atoms with Gasteiger partial charge in [0, 0.05) is 25.0 Å². The molecule has 0 radical (unpaired) electrons. The van der Waals surface area contributed by atoms with E-state index < -0.39 is 22.2 Å². The molecule has 1 atom stereocenters. The van der Waals surface area contributed by atoms with E-state index in [1.165, 1.54) is 21.3 Å². The van der Waals surface area contributed by atoms with Crippen molar-refractivity contribution in [1.29, 1.82) is 0 Å². The zero-order chi connectivity index (χ0) is 22.7. The highest BCUT2D eigenvalue weighted by Crippen LogP contribution is 2.33. The number of nitrogens with zero attached hydrogens (tertiary/aromatic N) is 2. The van der Waals surface area contributed by atoms with E-state index >= 15 is 0 Å². The lowest BCUT2D eigenvalue weighted by Crippen LogP contribution is -2.45. The molecule has 3 aromatic carbocycles. The van der Waals surface area contributed by atoms with Crippen LogP contribution in [0.4, 0.5) is 10.5 Å². The molecular formula is C24H23ClN2O4S. The van der Waals surface area contributed by atoms with E-state index in [1.807, 2.05) is 42.5 Å². The number of anilines is 1. The topological polar surface area (TPSA) is 66.9 Å². The second-order valence-electron chi connectivity index (χ2n) is 7.67. The number of halogens is 1. The van der Waals surface area contributed by atoms with Crippen molar-refractivity contribution in [2.75, 3.05) is 17.9 Å². The fraction of sp³-hybridized carbons (Fsp3) is 0.208. The van der Waals surface area contributed by atoms with Crippen molar-refractivity contribution in [3.63, 3.8) is 0 Å². The predicted molar refractivity (Wildman–Crippen MR) is 124 cm³/mol. The minimum atomic E-state index is -3.86. The molecule has 0 spiro atoms. The molecule has 166 valence electrons. The Balaban J connectivity index is 1.55. The summed E-state index contributed by atoms with van der Waals surface area (Å²) >= 11 is 5.93. The third-order valence-corrected chi connectivity index (χ3v) is 7.37. The molecule has 1 heterocycles. The number of hydrogen-bond acceptors (Lipinski definition) is 4. The Labute approximate surface area is 193 Å². The smallest absolute Gasteiger partial charge is 0.410 e. The summed E-state index contributed by atoms with van der Waals surface area (Å²) in [4.78, 5) is 14.3. The molecule has 0 aromatic heterocycles. The summed E-state index contributed by atoms with van der Waals surface area (Å²) in [6.45, 7) is 0.433. The van der Waals surface area contributed by atoms with Crippen LogP contribution in [0.3, 0.4) is 0 Å². The average molecular weight is 471 g/mol. The summed E-state index contributed by atoms with van der Waals surface area (Å²) < 4.78 is 33.8. The molecule has 4 rings (SSSR count). The summed E-state index contributed by atoms with van der Waals surface area (Å²) in [6.07, 6.45) is -0.673. The van der Waals surface area contributed by atoms with Gasteiger partial charge in [-0.3, -0.25) is 4.31 Å². The van der Waals surface area contributed by atoms with Gasteiger partial charge in [-0.15, -0.1) is 0 Å². The quantitative estimate of drug-likeness (QED) is 0.540. The van der Waals surface area contributed by atoms with Crippen LogP contribution < -0.4 is 4.31 Å². The van der Waals surface area contributed by atoms with Crippen molar-refractivity contribution >= 4 is 33.4 Å². The number of amides is 1. The van der Waals surface area contributed by atoms with Crippen LogP contribution in [0.5, 0.6) is 0 Å². The largest absolute Gasteiger partial charge is 0.444 e. The zero-order valence-electron chi connectivity index (χ0n) is 17.5. The Morgan fingerprint density at radius 1 is 1.03 bits per heavy atom. The number of fused-ring (bicyclic) bond motifs is 1. The maximum Gasteiger partial charge on any atom is 0.410 e. The van der Waals surface area contributed by atoms with Crippen LogP contribution in [-0.4, -0.2) is 39.1 Å². The van der Waals surface area contributed by atoms with Gasteiger partial charge in [-0.2, -0.15) is 0 Å². The molecule has 0 saturated carbocycles. The van der Waals surface area contributed by atoms with Crippen LogP contribution in [0, 0.1) is 0 Å². The average Bonchev–Trinajstić information content (AvgIpc) is 2.79. The molecule has 8 heteroatoms. The normalized spacial score (nSPS) is 15.7. The Hall–Kier alpha value is -3.03. The summed E-state index contributed by atoms with van der Waals surface area (Å²) in [5.41, 5.74) is 2.38. The molecule has 0 saturated heterocycles.